The maximum Gasteiger partial charge on any atom is 0.229 e. The molecule has 0 saturated carbocycles. The van der Waals surface area contributed by atoms with Gasteiger partial charge in [0.1, 0.15) is 5.76 Å². The Hall–Kier alpha value is -2.63. The third-order valence-electron chi connectivity index (χ3n) is 4.06. The lowest BCUT2D eigenvalue weighted by molar-refractivity contribution is -0.117. The van der Waals surface area contributed by atoms with Crippen LogP contribution in [0.1, 0.15) is 29.9 Å². The predicted octanol–water partition coefficient (Wildman–Crippen LogP) is 2.60. The Morgan fingerprint density at radius 3 is 2.78 bits per heavy atom. The molecule has 1 saturated heterocycles. The number of rotatable bonds is 4. The molecule has 0 radical (unpaired) electrons. The molecule has 6 nitrogen and oxygen atoms in total. The lowest BCUT2D eigenvalue weighted by atomic mass is 10.1. The zero-order chi connectivity index (χ0) is 16.4. The van der Waals surface area contributed by atoms with Crippen LogP contribution in [-0.4, -0.2) is 23.5 Å². The number of nitrogens with one attached hydrogen (secondary N) is 1. The van der Waals surface area contributed by atoms with Gasteiger partial charge in [0.2, 0.25) is 11.8 Å². The third-order valence-corrected chi connectivity index (χ3v) is 4.06. The van der Waals surface area contributed by atoms with E-state index in [0.29, 0.717) is 24.4 Å². The summed E-state index contributed by atoms with van der Waals surface area (Å²) < 4.78 is 5.08. The van der Waals surface area contributed by atoms with Gasteiger partial charge in [-0.3, -0.25) is 9.59 Å². The van der Waals surface area contributed by atoms with E-state index in [9.17, 15) is 9.59 Å². The second kappa shape index (κ2) is 6.24. The molecule has 3 rings (SSSR count). The summed E-state index contributed by atoms with van der Waals surface area (Å²) in [6.45, 7) is 4.30. The van der Waals surface area contributed by atoms with Crippen molar-refractivity contribution in [1.82, 2.24) is 5.16 Å². The molecule has 0 atom stereocenters. The van der Waals surface area contributed by atoms with Crippen LogP contribution in [-0.2, 0) is 16.0 Å². The summed E-state index contributed by atoms with van der Waals surface area (Å²) in [6, 6.07) is 7.38. The molecule has 120 valence electrons. The van der Waals surface area contributed by atoms with Gasteiger partial charge < -0.3 is 14.7 Å². The van der Waals surface area contributed by atoms with E-state index in [0.717, 1.165) is 23.4 Å². The number of hydrogen-bond acceptors (Lipinski definition) is 4. The van der Waals surface area contributed by atoms with Crippen molar-refractivity contribution in [3.8, 4) is 0 Å². The molecule has 0 unspecified atom stereocenters. The smallest absolute Gasteiger partial charge is 0.229 e. The average molecular weight is 313 g/mol. The molecule has 2 aromatic rings. The van der Waals surface area contributed by atoms with Gasteiger partial charge in [0.05, 0.1) is 23.5 Å². The van der Waals surface area contributed by atoms with E-state index >= 15 is 0 Å². The second-order valence-electron chi connectivity index (χ2n) is 5.69. The van der Waals surface area contributed by atoms with E-state index in [1.165, 1.54) is 0 Å². The fraction of sp³-hybridized carbons (Fsp3) is 0.353. The Labute approximate surface area is 134 Å². The third kappa shape index (κ3) is 3.11. The first-order chi connectivity index (χ1) is 11.1. The van der Waals surface area contributed by atoms with Gasteiger partial charge in [-0.1, -0.05) is 17.3 Å². The van der Waals surface area contributed by atoms with Gasteiger partial charge in [0, 0.05) is 18.5 Å². The Kier molecular flexibility index (Phi) is 4.14. The number of aromatic nitrogens is 1. The molecule has 1 N–H and O–H groups in total. The van der Waals surface area contributed by atoms with E-state index < -0.39 is 0 Å². The summed E-state index contributed by atoms with van der Waals surface area (Å²) in [6.07, 6.45) is 1.60. The van der Waals surface area contributed by atoms with Crippen LogP contribution in [0.25, 0.3) is 0 Å². The zero-order valence-corrected chi connectivity index (χ0v) is 13.3. The van der Waals surface area contributed by atoms with Crippen molar-refractivity contribution in [2.24, 2.45) is 0 Å². The molecule has 1 aliphatic rings. The molecule has 6 heteroatoms. The van der Waals surface area contributed by atoms with Crippen LogP contribution < -0.4 is 10.2 Å². The number of hydrogen-bond donors (Lipinski definition) is 1. The summed E-state index contributed by atoms with van der Waals surface area (Å²) in [5.41, 5.74) is 2.93. The fourth-order valence-corrected chi connectivity index (χ4v) is 2.83. The Morgan fingerprint density at radius 2 is 2.13 bits per heavy atom. The van der Waals surface area contributed by atoms with Gasteiger partial charge in [-0.05, 0) is 32.4 Å². The Bertz CT molecular complexity index is 732. The average Bonchev–Trinajstić information content (AvgIpc) is 3.08. The van der Waals surface area contributed by atoms with Gasteiger partial charge in [0.15, 0.2) is 0 Å². The molecule has 0 bridgehead atoms. The SMILES string of the molecule is Cc1noc(C)c1CC(=O)Nc1ccccc1N1CCCC1=O. The van der Waals surface area contributed by atoms with Crippen molar-refractivity contribution in [1.29, 1.82) is 0 Å². The summed E-state index contributed by atoms with van der Waals surface area (Å²) >= 11 is 0. The Balaban J connectivity index is 1.78. The number of carbonyl (C=O) groups excluding carboxylic acids is 2. The normalized spacial score (nSPS) is 14.3. The molecule has 1 aromatic heterocycles. The van der Waals surface area contributed by atoms with Crippen LogP contribution in [0.15, 0.2) is 28.8 Å². The maximum atomic E-state index is 12.3. The minimum Gasteiger partial charge on any atom is -0.361 e. The first-order valence-corrected chi connectivity index (χ1v) is 7.67. The first-order valence-electron chi connectivity index (χ1n) is 7.67. The summed E-state index contributed by atoms with van der Waals surface area (Å²) in [7, 11) is 0. The van der Waals surface area contributed by atoms with E-state index in [4.69, 9.17) is 4.52 Å². The van der Waals surface area contributed by atoms with Crippen LogP contribution in [0.4, 0.5) is 11.4 Å². The van der Waals surface area contributed by atoms with Crippen molar-refractivity contribution in [3.05, 3.63) is 41.3 Å². The van der Waals surface area contributed by atoms with E-state index in [-0.39, 0.29) is 18.2 Å². The van der Waals surface area contributed by atoms with Crippen molar-refractivity contribution in [3.63, 3.8) is 0 Å². The second-order valence-corrected chi connectivity index (χ2v) is 5.69. The standard InChI is InChI=1S/C17H19N3O3/c1-11-13(12(2)23-19-11)10-16(21)18-14-6-3-4-7-15(14)20-9-5-8-17(20)22/h3-4,6-7H,5,8-10H2,1-2H3,(H,18,21). The minimum atomic E-state index is -0.154. The molecule has 0 aliphatic carbocycles. The number of aryl methyl sites for hydroxylation is 2. The van der Waals surface area contributed by atoms with Crippen LogP contribution in [0, 0.1) is 13.8 Å². The molecule has 2 amide bonds. The van der Waals surface area contributed by atoms with Crippen molar-refractivity contribution in [2.75, 3.05) is 16.8 Å². The van der Waals surface area contributed by atoms with Crippen LogP contribution in [0.5, 0.6) is 0 Å². The lowest BCUT2D eigenvalue weighted by Gasteiger charge is -2.20. The molecular formula is C17H19N3O3. The first kappa shape index (κ1) is 15.3. The highest BCUT2D eigenvalue weighted by Gasteiger charge is 2.24. The number of carbonyl (C=O) groups is 2. The number of nitrogens with zero attached hydrogens (tertiary/aromatic N) is 2. The maximum absolute atomic E-state index is 12.3. The number of para-hydroxylation sites is 2. The Morgan fingerprint density at radius 1 is 1.35 bits per heavy atom. The largest absolute Gasteiger partial charge is 0.361 e. The van der Waals surface area contributed by atoms with Crippen molar-refractivity contribution in [2.45, 2.75) is 33.1 Å². The van der Waals surface area contributed by atoms with Gasteiger partial charge in [0.25, 0.3) is 0 Å². The predicted molar refractivity (Wildman–Crippen MR) is 86.3 cm³/mol. The molecule has 2 heterocycles. The number of amides is 2. The summed E-state index contributed by atoms with van der Waals surface area (Å²) in [5.74, 6) is 0.594. The van der Waals surface area contributed by atoms with Gasteiger partial charge in [-0.15, -0.1) is 0 Å². The fourth-order valence-electron chi connectivity index (χ4n) is 2.83. The topological polar surface area (TPSA) is 75.4 Å². The molecule has 1 fully saturated rings. The minimum absolute atomic E-state index is 0.0948. The van der Waals surface area contributed by atoms with Crippen LogP contribution in [0.2, 0.25) is 0 Å². The summed E-state index contributed by atoms with van der Waals surface area (Å²) in [5, 5.41) is 6.76. The number of benzene rings is 1. The molecule has 23 heavy (non-hydrogen) atoms. The molecule has 1 aromatic carbocycles. The van der Waals surface area contributed by atoms with Crippen molar-refractivity contribution < 1.29 is 14.1 Å². The van der Waals surface area contributed by atoms with Crippen LogP contribution in [0.3, 0.4) is 0 Å². The van der Waals surface area contributed by atoms with Crippen molar-refractivity contribution >= 4 is 23.2 Å². The number of anilines is 2. The van der Waals surface area contributed by atoms with E-state index in [2.05, 4.69) is 10.5 Å². The lowest BCUT2D eigenvalue weighted by Crippen LogP contribution is -2.26. The quantitative estimate of drug-likeness (QED) is 0.941. The van der Waals surface area contributed by atoms with Gasteiger partial charge in [-0.25, -0.2) is 0 Å². The highest BCUT2D eigenvalue weighted by atomic mass is 16.5. The van der Waals surface area contributed by atoms with E-state index in [1.807, 2.05) is 31.2 Å². The molecule has 0 spiro atoms. The van der Waals surface area contributed by atoms with E-state index in [1.54, 1.807) is 11.8 Å². The highest BCUT2D eigenvalue weighted by Crippen LogP contribution is 2.29. The summed E-state index contributed by atoms with van der Waals surface area (Å²) in [4.78, 5) is 26.0. The van der Waals surface area contributed by atoms with Gasteiger partial charge in [-0.2, -0.15) is 0 Å². The van der Waals surface area contributed by atoms with Gasteiger partial charge >= 0.3 is 0 Å². The zero-order valence-electron chi connectivity index (χ0n) is 13.3. The molecule has 1 aliphatic heterocycles. The van der Waals surface area contributed by atoms with Crippen LogP contribution >= 0.6 is 0 Å². The molecular weight excluding hydrogens is 294 g/mol. The monoisotopic (exact) mass is 313 g/mol. The highest BCUT2D eigenvalue weighted by molar-refractivity contribution is 6.02.